The summed E-state index contributed by atoms with van der Waals surface area (Å²) < 4.78 is 41.1. The summed E-state index contributed by atoms with van der Waals surface area (Å²) in [6.07, 6.45) is 1.03. The number of hydrogen-bond donors (Lipinski definition) is 2. The zero-order valence-electron chi connectivity index (χ0n) is 17.8. The van der Waals surface area contributed by atoms with E-state index in [1.165, 1.54) is 18.4 Å². The number of morpholine rings is 1. The number of carbonyl (C=O) groups is 2. The molecule has 0 aliphatic carbocycles. The number of amides is 1. The Hall–Kier alpha value is -3.51. The highest BCUT2D eigenvalue weighted by molar-refractivity contribution is 7.22. The minimum atomic E-state index is -3.10. The molecule has 2 aromatic carbocycles. The number of nitrogens with zero attached hydrogens (tertiary/aromatic N) is 2. The molecule has 2 aliphatic heterocycles. The Labute approximate surface area is 195 Å². The predicted molar refractivity (Wildman–Crippen MR) is 120 cm³/mol. The van der Waals surface area contributed by atoms with Gasteiger partial charge in [0, 0.05) is 6.07 Å². The van der Waals surface area contributed by atoms with Gasteiger partial charge < -0.3 is 29.5 Å². The third-order valence-corrected chi connectivity index (χ3v) is 6.92. The second-order valence-electron chi connectivity index (χ2n) is 7.82. The van der Waals surface area contributed by atoms with Crippen LogP contribution in [0.5, 0.6) is 11.5 Å². The Kier molecular flexibility index (Phi) is 5.70. The van der Waals surface area contributed by atoms with Gasteiger partial charge >= 0.3 is 12.6 Å². The van der Waals surface area contributed by atoms with Gasteiger partial charge in [-0.1, -0.05) is 11.3 Å². The first-order chi connectivity index (χ1) is 16.4. The summed E-state index contributed by atoms with van der Waals surface area (Å²) in [5.41, 5.74) is 0.292. The topological polar surface area (TPSA) is 110 Å². The second-order valence-corrected chi connectivity index (χ2v) is 8.80. The van der Waals surface area contributed by atoms with Gasteiger partial charge in [0.1, 0.15) is 17.1 Å². The minimum Gasteiger partial charge on any atom is -0.496 e. The quantitative estimate of drug-likeness (QED) is 0.513. The van der Waals surface area contributed by atoms with Crippen LogP contribution in [0.1, 0.15) is 27.1 Å². The van der Waals surface area contributed by atoms with Crippen molar-refractivity contribution < 1.29 is 37.7 Å². The summed E-state index contributed by atoms with van der Waals surface area (Å²) in [6.45, 7) is -1.86. The van der Waals surface area contributed by atoms with E-state index in [0.717, 1.165) is 29.8 Å². The maximum absolute atomic E-state index is 13.3. The molecule has 5 rings (SSSR count). The average Bonchev–Trinajstić information content (AvgIpc) is 3.21. The summed E-state index contributed by atoms with van der Waals surface area (Å²) >= 11 is 1.33. The number of aromatic nitrogens is 1. The number of rotatable bonds is 7. The first-order valence-electron chi connectivity index (χ1n) is 10.3. The molecule has 12 heteroatoms. The van der Waals surface area contributed by atoms with E-state index < -0.39 is 18.5 Å². The van der Waals surface area contributed by atoms with Gasteiger partial charge in [0.25, 0.3) is 5.91 Å². The lowest BCUT2D eigenvalue weighted by molar-refractivity contribution is -0.0498. The fourth-order valence-corrected chi connectivity index (χ4v) is 5.53. The van der Waals surface area contributed by atoms with E-state index >= 15 is 0 Å². The highest BCUT2D eigenvalue weighted by Crippen LogP contribution is 2.42. The molecule has 0 spiro atoms. The monoisotopic (exact) mass is 491 g/mol. The largest absolute Gasteiger partial charge is 0.496 e. The predicted octanol–water partition coefficient (Wildman–Crippen LogP) is 3.83. The van der Waals surface area contributed by atoms with Crippen LogP contribution >= 0.6 is 11.3 Å². The van der Waals surface area contributed by atoms with E-state index in [9.17, 15) is 23.5 Å². The number of halogens is 2. The Morgan fingerprint density at radius 3 is 2.68 bits per heavy atom. The van der Waals surface area contributed by atoms with E-state index in [2.05, 4.69) is 15.0 Å². The molecule has 0 saturated carbocycles. The highest BCUT2D eigenvalue weighted by atomic mass is 32.1. The molecule has 2 saturated heterocycles. The van der Waals surface area contributed by atoms with Crippen LogP contribution in [-0.2, 0) is 4.74 Å². The number of methoxy groups -OCH3 is 1. The van der Waals surface area contributed by atoms with Crippen LogP contribution in [-0.4, -0.2) is 61.0 Å². The van der Waals surface area contributed by atoms with Crippen molar-refractivity contribution in [3.05, 3.63) is 41.5 Å². The lowest BCUT2D eigenvalue weighted by atomic mass is 9.92. The number of carboxylic acid groups (broad SMARTS) is 1. The van der Waals surface area contributed by atoms with Crippen molar-refractivity contribution in [2.45, 2.75) is 25.1 Å². The maximum atomic E-state index is 13.3. The first-order valence-corrected chi connectivity index (χ1v) is 11.1. The maximum Gasteiger partial charge on any atom is 0.387 e. The van der Waals surface area contributed by atoms with Crippen molar-refractivity contribution in [3.63, 3.8) is 0 Å². The second kappa shape index (κ2) is 8.69. The van der Waals surface area contributed by atoms with Crippen LogP contribution < -0.4 is 19.7 Å². The molecule has 2 fully saturated rings. The lowest BCUT2D eigenvalue weighted by Crippen LogP contribution is -2.64. The Bertz CT molecular complexity index is 1270. The number of thiazole rings is 1. The number of hydrogen-bond acceptors (Lipinski definition) is 8. The summed E-state index contributed by atoms with van der Waals surface area (Å²) in [6, 6.07) is 7.06. The van der Waals surface area contributed by atoms with Gasteiger partial charge in [-0.25, -0.2) is 9.78 Å². The standard InChI is InChI=1S/C22H19F2N3O6S/c1-31-16-5-4-14-18(34-22(26-14)27-10-6-11(27)9-32-8-10)17(16)19(28)25-15-7-12(33-21(23)24)2-3-13(15)20(29)30/h2-5,7,10-11,21H,6,8-9H2,1H3,(H,25,28)(H,29,30). The molecule has 34 heavy (non-hydrogen) atoms. The summed E-state index contributed by atoms with van der Waals surface area (Å²) in [7, 11) is 1.41. The summed E-state index contributed by atoms with van der Waals surface area (Å²) in [4.78, 5) is 31.9. The number of carboxylic acids is 1. The van der Waals surface area contributed by atoms with Crippen LogP contribution in [0, 0.1) is 0 Å². The number of aromatic carboxylic acids is 1. The fourth-order valence-electron chi connectivity index (χ4n) is 4.28. The third-order valence-electron chi connectivity index (χ3n) is 5.82. The van der Waals surface area contributed by atoms with E-state index in [1.807, 2.05) is 0 Å². The number of benzene rings is 2. The van der Waals surface area contributed by atoms with Gasteiger partial charge in [-0.3, -0.25) is 4.79 Å². The summed E-state index contributed by atoms with van der Waals surface area (Å²) in [5, 5.41) is 12.8. The lowest BCUT2D eigenvalue weighted by Gasteiger charge is -2.52. The smallest absolute Gasteiger partial charge is 0.387 e. The number of alkyl halides is 2. The zero-order valence-corrected chi connectivity index (χ0v) is 18.6. The molecule has 2 bridgehead atoms. The van der Waals surface area contributed by atoms with Crippen molar-refractivity contribution in [2.24, 2.45) is 0 Å². The molecule has 3 aromatic rings. The average molecular weight is 491 g/mol. The van der Waals surface area contributed by atoms with E-state index in [4.69, 9.17) is 14.5 Å². The highest BCUT2D eigenvalue weighted by Gasteiger charge is 2.44. The minimum absolute atomic E-state index is 0.169. The van der Waals surface area contributed by atoms with Crippen LogP contribution in [0.15, 0.2) is 30.3 Å². The van der Waals surface area contributed by atoms with Crippen LogP contribution in [0.2, 0.25) is 0 Å². The molecule has 2 unspecified atom stereocenters. The van der Waals surface area contributed by atoms with Crippen molar-refractivity contribution in [2.75, 3.05) is 30.5 Å². The van der Waals surface area contributed by atoms with E-state index in [0.29, 0.717) is 23.4 Å². The molecule has 2 aliphatic rings. The zero-order chi connectivity index (χ0) is 24.0. The molecule has 0 radical (unpaired) electrons. The number of ether oxygens (including phenoxy) is 3. The Morgan fingerprint density at radius 2 is 2.03 bits per heavy atom. The van der Waals surface area contributed by atoms with Crippen LogP contribution in [0.4, 0.5) is 19.6 Å². The van der Waals surface area contributed by atoms with Crippen LogP contribution in [0.25, 0.3) is 10.2 Å². The van der Waals surface area contributed by atoms with Gasteiger partial charge in [-0.15, -0.1) is 0 Å². The molecule has 2 atom stereocenters. The fraction of sp³-hybridized carbons (Fsp3) is 0.318. The normalized spacial score (nSPS) is 19.1. The number of fused-ring (bicyclic) bond motifs is 3. The van der Waals surface area contributed by atoms with Gasteiger partial charge in [-0.05, 0) is 30.7 Å². The van der Waals surface area contributed by atoms with Gasteiger partial charge in [-0.2, -0.15) is 8.78 Å². The van der Waals surface area contributed by atoms with E-state index in [-0.39, 0.29) is 40.4 Å². The summed E-state index contributed by atoms with van der Waals surface area (Å²) in [5.74, 6) is -2.02. The molecule has 178 valence electrons. The van der Waals surface area contributed by atoms with Crippen molar-refractivity contribution in [3.8, 4) is 11.5 Å². The van der Waals surface area contributed by atoms with Gasteiger partial charge in [0.15, 0.2) is 5.13 Å². The molecular weight excluding hydrogens is 472 g/mol. The molecule has 1 aromatic heterocycles. The molecule has 1 amide bonds. The molecule has 2 N–H and O–H groups in total. The molecule has 9 nitrogen and oxygen atoms in total. The Balaban J connectivity index is 1.52. The molecular formula is C22H19F2N3O6S. The number of nitrogens with one attached hydrogen (secondary N) is 1. The Morgan fingerprint density at radius 1 is 1.26 bits per heavy atom. The van der Waals surface area contributed by atoms with Gasteiger partial charge in [0.05, 0.1) is 53.9 Å². The van der Waals surface area contributed by atoms with Crippen molar-refractivity contribution in [1.29, 1.82) is 0 Å². The molecule has 3 heterocycles. The third kappa shape index (κ3) is 3.88. The number of carbonyl (C=O) groups excluding carboxylic acids is 1. The van der Waals surface area contributed by atoms with Crippen molar-refractivity contribution in [1.82, 2.24) is 4.98 Å². The van der Waals surface area contributed by atoms with Crippen molar-refractivity contribution >= 4 is 44.2 Å². The SMILES string of the molecule is COc1ccc2nc(N3C4COCC3C4)sc2c1C(=O)Nc1cc(OC(F)F)ccc1C(=O)O. The van der Waals surface area contributed by atoms with Gasteiger partial charge in [0.2, 0.25) is 0 Å². The van der Waals surface area contributed by atoms with E-state index in [1.54, 1.807) is 12.1 Å². The van der Waals surface area contributed by atoms with Crippen LogP contribution in [0.3, 0.4) is 0 Å². The number of anilines is 2. The first kappa shape index (κ1) is 22.3.